The number of imidazole rings is 1. The first-order valence-corrected chi connectivity index (χ1v) is 8.98. The summed E-state index contributed by atoms with van der Waals surface area (Å²) in [6, 6.07) is 10.2. The Bertz CT molecular complexity index is 1290. The first-order chi connectivity index (χ1) is 14.0. The average molecular weight is 391 g/mol. The monoisotopic (exact) mass is 391 g/mol. The lowest BCUT2D eigenvalue weighted by atomic mass is 10.1. The van der Waals surface area contributed by atoms with E-state index in [1.807, 2.05) is 6.07 Å². The van der Waals surface area contributed by atoms with Gasteiger partial charge >= 0.3 is 11.7 Å². The van der Waals surface area contributed by atoms with Crippen molar-refractivity contribution >= 4 is 11.6 Å². The second-order valence-corrected chi connectivity index (χ2v) is 6.61. The van der Waals surface area contributed by atoms with Gasteiger partial charge in [-0.2, -0.15) is 5.10 Å². The number of hydrogen-bond acceptors (Lipinski definition) is 5. The molecule has 0 spiro atoms. The van der Waals surface area contributed by atoms with Gasteiger partial charge in [-0.05, 0) is 37.0 Å². The maximum atomic E-state index is 11.9. The van der Waals surface area contributed by atoms with Crippen LogP contribution < -0.4 is 11.2 Å². The van der Waals surface area contributed by atoms with Crippen molar-refractivity contribution in [3.63, 3.8) is 0 Å². The lowest BCUT2D eigenvalue weighted by Gasteiger charge is -2.05. The van der Waals surface area contributed by atoms with Crippen molar-refractivity contribution in [3.8, 4) is 11.3 Å². The molecule has 5 rings (SSSR count). The molecule has 1 aliphatic carbocycles. The van der Waals surface area contributed by atoms with Crippen molar-refractivity contribution in [2.75, 3.05) is 0 Å². The van der Waals surface area contributed by atoms with E-state index in [0.29, 0.717) is 22.7 Å². The molecule has 146 valence electrons. The van der Waals surface area contributed by atoms with Crippen LogP contribution in [0.4, 0.5) is 0 Å². The third-order valence-corrected chi connectivity index (χ3v) is 4.52. The Hall–Kier alpha value is -4.01. The molecule has 3 heterocycles. The lowest BCUT2D eigenvalue weighted by molar-refractivity contribution is 0.0697. The van der Waals surface area contributed by atoms with E-state index in [1.165, 1.54) is 6.20 Å². The first kappa shape index (κ1) is 18.4. The Balaban J connectivity index is 0.000000192. The van der Waals surface area contributed by atoms with Crippen molar-refractivity contribution in [2.24, 2.45) is 0 Å². The summed E-state index contributed by atoms with van der Waals surface area (Å²) in [5.41, 5.74) is 2.18. The van der Waals surface area contributed by atoms with Crippen LogP contribution in [0.5, 0.6) is 0 Å². The zero-order chi connectivity index (χ0) is 20.4. The van der Waals surface area contributed by atoms with E-state index in [4.69, 9.17) is 5.11 Å². The molecule has 0 atom stereocenters. The molecule has 29 heavy (non-hydrogen) atoms. The van der Waals surface area contributed by atoms with Crippen molar-refractivity contribution < 1.29 is 9.90 Å². The van der Waals surface area contributed by atoms with Crippen LogP contribution in [0.15, 0.2) is 64.6 Å². The summed E-state index contributed by atoms with van der Waals surface area (Å²) >= 11 is 0. The van der Waals surface area contributed by atoms with Gasteiger partial charge in [0.15, 0.2) is 5.65 Å². The molecule has 0 unspecified atom stereocenters. The van der Waals surface area contributed by atoms with Crippen molar-refractivity contribution in [3.05, 3.63) is 87.0 Å². The summed E-state index contributed by atoms with van der Waals surface area (Å²) in [5, 5.41) is 12.8. The molecule has 9 heteroatoms. The maximum Gasteiger partial charge on any atom is 0.335 e. The number of carboxylic acid groups (broad SMARTS) is 1. The summed E-state index contributed by atoms with van der Waals surface area (Å²) in [5.74, 6) is -0.390. The van der Waals surface area contributed by atoms with Crippen molar-refractivity contribution in [2.45, 2.75) is 18.8 Å². The van der Waals surface area contributed by atoms with Crippen LogP contribution in [-0.2, 0) is 0 Å². The summed E-state index contributed by atoms with van der Waals surface area (Å²) in [7, 11) is 0. The van der Waals surface area contributed by atoms with Gasteiger partial charge in [-0.15, -0.1) is 0 Å². The van der Waals surface area contributed by atoms with Gasteiger partial charge in [0, 0.05) is 24.2 Å². The molecule has 9 nitrogen and oxygen atoms in total. The van der Waals surface area contributed by atoms with Crippen LogP contribution in [0.2, 0.25) is 0 Å². The van der Waals surface area contributed by atoms with E-state index in [-0.39, 0.29) is 0 Å². The number of benzene rings is 1. The summed E-state index contributed by atoms with van der Waals surface area (Å²) in [6.07, 6.45) is 7.10. The fourth-order valence-corrected chi connectivity index (χ4v) is 2.95. The van der Waals surface area contributed by atoms with E-state index in [2.05, 4.69) is 20.1 Å². The molecule has 1 aromatic carbocycles. The van der Waals surface area contributed by atoms with Gasteiger partial charge in [-0.3, -0.25) is 9.78 Å². The number of aromatic amines is 2. The number of H-pyrrole nitrogens is 2. The van der Waals surface area contributed by atoms with Crippen LogP contribution >= 0.6 is 0 Å². The molecule has 1 saturated carbocycles. The van der Waals surface area contributed by atoms with Gasteiger partial charge < -0.3 is 10.1 Å². The highest BCUT2D eigenvalue weighted by molar-refractivity contribution is 5.87. The van der Waals surface area contributed by atoms with Gasteiger partial charge in [0.2, 0.25) is 0 Å². The summed E-state index contributed by atoms with van der Waals surface area (Å²) in [6.45, 7) is 0. The highest BCUT2D eigenvalue weighted by Crippen LogP contribution is 2.42. The highest BCUT2D eigenvalue weighted by atomic mass is 16.4. The van der Waals surface area contributed by atoms with E-state index < -0.39 is 17.2 Å². The number of carbonyl (C=O) groups is 1. The van der Waals surface area contributed by atoms with Gasteiger partial charge in [-0.25, -0.2) is 19.1 Å². The van der Waals surface area contributed by atoms with Crippen LogP contribution in [0.3, 0.4) is 0 Å². The summed E-state index contributed by atoms with van der Waals surface area (Å²) < 4.78 is 1.67. The van der Waals surface area contributed by atoms with Crippen molar-refractivity contribution in [1.82, 2.24) is 24.6 Å². The molecule has 0 amide bonds. The third-order valence-electron chi connectivity index (χ3n) is 4.52. The van der Waals surface area contributed by atoms with E-state index in [0.717, 1.165) is 24.1 Å². The van der Waals surface area contributed by atoms with Gasteiger partial charge in [-0.1, -0.05) is 18.2 Å². The Morgan fingerprint density at radius 2 is 1.93 bits per heavy atom. The minimum absolute atomic E-state index is 0.331. The van der Waals surface area contributed by atoms with E-state index >= 15 is 0 Å². The molecular formula is C20H17N5O4. The van der Waals surface area contributed by atoms with Gasteiger partial charge in [0.05, 0.1) is 16.8 Å². The second-order valence-electron chi connectivity index (χ2n) is 6.61. The molecule has 0 bridgehead atoms. The molecule has 4 aromatic rings. The van der Waals surface area contributed by atoms with Gasteiger partial charge in [0.1, 0.15) is 0 Å². The molecule has 0 radical (unpaired) electrons. The standard InChI is InChI=1S/C13H11N5O2.C7H6O2/c19-12-9(6-15-13(20)16-12)10-5-8(7-1-2-7)11-14-3-4-18(11)17-10;8-7(9)6-4-2-1-3-5-6/h3-7H,1-2H2,(H2,15,16,19,20);1-5H,(H,8,9). The molecule has 1 fully saturated rings. The van der Waals surface area contributed by atoms with Crippen LogP contribution in [0.1, 0.15) is 34.7 Å². The smallest absolute Gasteiger partial charge is 0.335 e. The number of hydrogen-bond donors (Lipinski definition) is 3. The Morgan fingerprint density at radius 3 is 2.55 bits per heavy atom. The average Bonchev–Trinajstić information content (AvgIpc) is 3.45. The zero-order valence-corrected chi connectivity index (χ0v) is 15.2. The number of nitrogens with one attached hydrogen (secondary N) is 2. The number of nitrogens with zero attached hydrogens (tertiary/aromatic N) is 3. The van der Waals surface area contributed by atoms with Crippen molar-refractivity contribution in [1.29, 1.82) is 0 Å². The Kier molecular flexibility index (Phi) is 4.78. The second kappa shape index (κ2) is 7.55. The van der Waals surface area contributed by atoms with Crippen LogP contribution in [0, 0.1) is 0 Å². The third kappa shape index (κ3) is 3.98. The Labute approximate surface area is 163 Å². The fourth-order valence-electron chi connectivity index (χ4n) is 2.95. The van der Waals surface area contributed by atoms with Gasteiger partial charge in [0.25, 0.3) is 5.56 Å². The zero-order valence-electron chi connectivity index (χ0n) is 15.2. The molecule has 0 aliphatic heterocycles. The largest absolute Gasteiger partial charge is 0.478 e. The number of fused-ring (bicyclic) bond motifs is 1. The van der Waals surface area contributed by atoms with Crippen LogP contribution in [-0.4, -0.2) is 35.6 Å². The maximum absolute atomic E-state index is 11.9. The minimum atomic E-state index is -0.879. The number of aromatic nitrogens is 5. The predicted molar refractivity (Wildman–Crippen MR) is 105 cm³/mol. The molecule has 0 saturated heterocycles. The number of carboxylic acids is 1. The van der Waals surface area contributed by atoms with Crippen LogP contribution in [0.25, 0.3) is 16.9 Å². The molecule has 1 aliphatic rings. The number of rotatable bonds is 3. The minimum Gasteiger partial charge on any atom is -0.478 e. The Morgan fingerprint density at radius 1 is 1.17 bits per heavy atom. The normalized spacial score (nSPS) is 13.0. The lowest BCUT2D eigenvalue weighted by Crippen LogP contribution is -2.23. The predicted octanol–water partition coefficient (Wildman–Crippen LogP) is 2.04. The topological polar surface area (TPSA) is 133 Å². The molecular weight excluding hydrogens is 374 g/mol. The molecule has 3 N–H and O–H groups in total. The quantitative estimate of drug-likeness (QED) is 0.489. The number of aromatic carboxylic acids is 1. The fraction of sp³-hybridized carbons (Fsp3) is 0.150. The SMILES string of the molecule is O=C(O)c1ccccc1.O=c1[nH]cc(-c2cc(C3CC3)c3nccn3n2)c(=O)[nH]1. The first-order valence-electron chi connectivity index (χ1n) is 8.98. The summed E-state index contributed by atoms with van der Waals surface area (Å²) in [4.78, 5) is 42.1. The highest BCUT2D eigenvalue weighted by Gasteiger charge is 2.27. The van der Waals surface area contributed by atoms with E-state index in [9.17, 15) is 14.4 Å². The molecule has 3 aromatic heterocycles. The van der Waals surface area contributed by atoms with E-state index in [1.54, 1.807) is 47.2 Å².